The Bertz CT molecular complexity index is 394. The largest absolute Gasteiger partial charge is 0.335 e. The number of unbranched alkanes of at least 4 members (excludes halogenated alkanes) is 6. The fourth-order valence-corrected chi connectivity index (χ4v) is 7.00. The minimum atomic E-state index is 0.394. The van der Waals surface area contributed by atoms with Gasteiger partial charge in [-0.3, -0.25) is 0 Å². The van der Waals surface area contributed by atoms with Crippen molar-refractivity contribution in [2.75, 3.05) is 5.75 Å². The Kier molecular flexibility index (Phi) is 8.23. The molecule has 0 N–H and O–H groups in total. The van der Waals surface area contributed by atoms with Crippen LogP contribution in [0.2, 0.25) is 0 Å². The predicted molar refractivity (Wildman–Crippen MR) is 102 cm³/mol. The third-order valence-corrected chi connectivity index (χ3v) is 8.39. The van der Waals surface area contributed by atoms with Gasteiger partial charge in [-0.2, -0.15) is 0 Å². The first-order valence-corrected chi connectivity index (χ1v) is 10.9. The van der Waals surface area contributed by atoms with E-state index in [1.165, 1.54) is 63.5 Å². The van der Waals surface area contributed by atoms with Crippen molar-refractivity contribution >= 4 is 23.5 Å². The molecule has 1 aliphatic rings. The summed E-state index contributed by atoms with van der Waals surface area (Å²) in [6.07, 6.45) is 18.5. The molecule has 126 valence electrons. The molecule has 2 atom stereocenters. The lowest BCUT2D eigenvalue weighted by atomic mass is 10.1. The van der Waals surface area contributed by atoms with E-state index in [9.17, 15) is 0 Å². The van der Waals surface area contributed by atoms with Crippen molar-refractivity contribution in [1.29, 1.82) is 0 Å². The quantitative estimate of drug-likeness (QED) is 0.462. The molecular weight excluding hydrogens is 308 g/mol. The highest BCUT2D eigenvalue weighted by molar-refractivity contribution is 8.21. The highest BCUT2D eigenvalue weighted by Crippen LogP contribution is 2.52. The first-order valence-electron chi connectivity index (χ1n) is 9.05. The second kappa shape index (κ2) is 9.92. The maximum Gasteiger partial charge on any atom is 0.0946 e. The molecule has 0 spiro atoms. The van der Waals surface area contributed by atoms with Gasteiger partial charge in [0.15, 0.2) is 0 Å². The molecule has 1 aromatic rings. The van der Waals surface area contributed by atoms with Crippen LogP contribution < -0.4 is 0 Å². The van der Waals surface area contributed by atoms with Crippen LogP contribution in [0, 0.1) is 0 Å². The molecule has 0 aliphatic carbocycles. The van der Waals surface area contributed by atoms with Gasteiger partial charge in [0.1, 0.15) is 0 Å². The van der Waals surface area contributed by atoms with Crippen molar-refractivity contribution in [2.45, 2.75) is 87.5 Å². The van der Waals surface area contributed by atoms with Crippen molar-refractivity contribution in [3.8, 4) is 0 Å². The molecule has 1 fully saturated rings. The van der Waals surface area contributed by atoms with Gasteiger partial charge in [-0.15, -0.1) is 23.5 Å². The zero-order chi connectivity index (χ0) is 15.7. The number of thioether (sulfide) groups is 2. The SMILES string of the molecule is CCCCCCCCCC1(Cn2ccnc2)SCC(CC)S1. The fraction of sp³-hybridized carbons (Fsp3) is 0.833. The summed E-state index contributed by atoms with van der Waals surface area (Å²) in [5, 5.41) is 0.845. The first-order chi connectivity index (χ1) is 10.8. The van der Waals surface area contributed by atoms with E-state index in [2.05, 4.69) is 53.1 Å². The van der Waals surface area contributed by atoms with Crippen LogP contribution in [-0.4, -0.2) is 24.6 Å². The van der Waals surface area contributed by atoms with E-state index in [1.807, 2.05) is 12.5 Å². The number of rotatable bonds is 11. The predicted octanol–water partition coefficient (Wildman–Crippen LogP) is 5.98. The van der Waals surface area contributed by atoms with Crippen LogP contribution in [0.15, 0.2) is 18.7 Å². The molecule has 2 heterocycles. The molecule has 1 saturated heterocycles. The monoisotopic (exact) mass is 340 g/mol. The number of imidazole rings is 1. The van der Waals surface area contributed by atoms with Gasteiger partial charge in [-0.05, 0) is 12.8 Å². The first kappa shape index (κ1) is 18.3. The Labute approximate surface area is 145 Å². The molecule has 2 nitrogen and oxygen atoms in total. The second-order valence-electron chi connectivity index (χ2n) is 6.48. The average Bonchev–Trinajstić information content (AvgIpc) is 3.17. The smallest absolute Gasteiger partial charge is 0.0946 e. The number of hydrogen-bond acceptors (Lipinski definition) is 3. The molecule has 0 amide bonds. The summed E-state index contributed by atoms with van der Waals surface area (Å²) in [4.78, 5) is 4.22. The molecular formula is C18H32N2S2. The Morgan fingerprint density at radius 1 is 1.14 bits per heavy atom. The molecule has 0 aromatic carbocycles. The molecule has 0 radical (unpaired) electrons. The Hall–Kier alpha value is -0.0900. The van der Waals surface area contributed by atoms with E-state index in [0.29, 0.717) is 4.08 Å². The lowest BCUT2D eigenvalue weighted by molar-refractivity contribution is 0.529. The standard InChI is InChI=1S/C18H32N2S2/c1-3-5-6-7-8-9-10-11-18(15-20-13-12-19-16-20)21-14-17(4-2)22-18/h12-13,16-17H,3-11,14-15H2,1-2H3. The third-order valence-electron chi connectivity index (χ3n) is 4.51. The molecule has 0 bridgehead atoms. The summed E-state index contributed by atoms with van der Waals surface area (Å²) in [5.74, 6) is 1.33. The maximum atomic E-state index is 4.22. The number of hydrogen-bond donors (Lipinski definition) is 0. The van der Waals surface area contributed by atoms with Gasteiger partial charge in [0.2, 0.25) is 0 Å². The topological polar surface area (TPSA) is 17.8 Å². The molecule has 4 heteroatoms. The zero-order valence-electron chi connectivity index (χ0n) is 14.3. The summed E-state index contributed by atoms with van der Waals surface area (Å²) < 4.78 is 2.67. The van der Waals surface area contributed by atoms with Gasteiger partial charge in [0.25, 0.3) is 0 Å². The molecule has 22 heavy (non-hydrogen) atoms. The third kappa shape index (κ3) is 5.84. The summed E-state index contributed by atoms with van der Waals surface area (Å²) >= 11 is 4.45. The van der Waals surface area contributed by atoms with Crippen LogP contribution in [0.1, 0.15) is 71.6 Å². The fourth-order valence-electron chi connectivity index (χ4n) is 3.12. The molecule has 2 rings (SSSR count). The Morgan fingerprint density at radius 2 is 1.91 bits per heavy atom. The van der Waals surface area contributed by atoms with E-state index in [0.717, 1.165) is 11.8 Å². The van der Waals surface area contributed by atoms with Gasteiger partial charge in [-0.1, -0.05) is 58.8 Å². The van der Waals surface area contributed by atoms with Crippen molar-refractivity contribution in [3.05, 3.63) is 18.7 Å². The van der Waals surface area contributed by atoms with E-state index in [-0.39, 0.29) is 0 Å². The normalized spacial score (nSPS) is 24.9. The van der Waals surface area contributed by atoms with Crippen molar-refractivity contribution in [2.24, 2.45) is 0 Å². The summed E-state index contributed by atoms with van der Waals surface area (Å²) in [5.41, 5.74) is 0. The molecule has 1 aromatic heterocycles. The number of aromatic nitrogens is 2. The molecule has 2 unspecified atom stereocenters. The van der Waals surface area contributed by atoms with Crippen LogP contribution in [0.4, 0.5) is 0 Å². The van der Waals surface area contributed by atoms with Gasteiger partial charge in [-0.25, -0.2) is 4.98 Å². The van der Waals surface area contributed by atoms with E-state index in [4.69, 9.17) is 0 Å². The highest BCUT2D eigenvalue weighted by atomic mass is 32.2. The van der Waals surface area contributed by atoms with Crippen molar-refractivity contribution in [1.82, 2.24) is 9.55 Å². The minimum absolute atomic E-state index is 0.394. The van der Waals surface area contributed by atoms with E-state index < -0.39 is 0 Å². The lowest BCUT2D eigenvalue weighted by Crippen LogP contribution is -2.24. The Morgan fingerprint density at radius 3 is 2.55 bits per heavy atom. The van der Waals surface area contributed by atoms with E-state index in [1.54, 1.807) is 0 Å². The van der Waals surface area contributed by atoms with E-state index >= 15 is 0 Å². The zero-order valence-corrected chi connectivity index (χ0v) is 15.9. The molecule has 0 saturated carbocycles. The Balaban J connectivity index is 1.76. The second-order valence-corrected chi connectivity index (χ2v) is 9.82. The maximum absolute atomic E-state index is 4.22. The lowest BCUT2D eigenvalue weighted by Gasteiger charge is -2.28. The van der Waals surface area contributed by atoms with Crippen molar-refractivity contribution < 1.29 is 0 Å². The summed E-state index contributed by atoms with van der Waals surface area (Å²) in [6, 6.07) is 0. The summed E-state index contributed by atoms with van der Waals surface area (Å²) in [6.45, 7) is 5.74. The highest BCUT2D eigenvalue weighted by Gasteiger charge is 2.39. The van der Waals surface area contributed by atoms with Crippen molar-refractivity contribution in [3.63, 3.8) is 0 Å². The molecule has 1 aliphatic heterocycles. The van der Waals surface area contributed by atoms with Crippen LogP contribution in [-0.2, 0) is 6.54 Å². The van der Waals surface area contributed by atoms with Gasteiger partial charge < -0.3 is 4.57 Å². The van der Waals surface area contributed by atoms with Gasteiger partial charge >= 0.3 is 0 Å². The average molecular weight is 341 g/mol. The van der Waals surface area contributed by atoms with Crippen LogP contribution >= 0.6 is 23.5 Å². The van der Waals surface area contributed by atoms with Crippen LogP contribution in [0.3, 0.4) is 0 Å². The number of nitrogens with zero attached hydrogens (tertiary/aromatic N) is 2. The summed E-state index contributed by atoms with van der Waals surface area (Å²) in [7, 11) is 0. The van der Waals surface area contributed by atoms with Gasteiger partial charge in [0, 0.05) is 29.9 Å². The van der Waals surface area contributed by atoms with Gasteiger partial charge in [0.05, 0.1) is 10.4 Å². The van der Waals surface area contributed by atoms with Crippen LogP contribution in [0.25, 0.3) is 0 Å². The van der Waals surface area contributed by atoms with Crippen LogP contribution in [0.5, 0.6) is 0 Å². The minimum Gasteiger partial charge on any atom is -0.335 e.